The summed E-state index contributed by atoms with van der Waals surface area (Å²) in [5.74, 6) is -3.09. The second kappa shape index (κ2) is 9.03. The molecule has 4 rings (SSSR count). The van der Waals surface area contributed by atoms with E-state index in [4.69, 9.17) is 5.73 Å². The van der Waals surface area contributed by atoms with E-state index in [0.29, 0.717) is 18.5 Å². The second-order valence-corrected chi connectivity index (χ2v) is 8.82. The molecule has 0 spiro atoms. The molecule has 34 heavy (non-hydrogen) atoms. The van der Waals surface area contributed by atoms with Gasteiger partial charge in [0, 0.05) is 6.20 Å². The largest absolute Gasteiger partial charge is 0.396 e. The van der Waals surface area contributed by atoms with Gasteiger partial charge >= 0.3 is 0 Å². The molecule has 1 aromatic carbocycles. The molecule has 1 saturated carbocycles. The molecule has 8 nitrogen and oxygen atoms in total. The van der Waals surface area contributed by atoms with E-state index in [1.54, 1.807) is 19.2 Å². The summed E-state index contributed by atoms with van der Waals surface area (Å²) < 4.78 is 28.4. The van der Waals surface area contributed by atoms with Crippen LogP contribution in [0.15, 0.2) is 42.9 Å². The van der Waals surface area contributed by atoms with Crippen molar-refractivity contribution in [2.75, 3.05) is 11.1 Å². The van der Waals surface area contributed by atoms with Crippen molar-refractivity contribution in [3.8, 4) is 11.4 Å². The van der Waals surface area contributed by atoms with Crippen LogP contribution in [0, 0.1) is 17.6 Å². The standard InChI is InChI=1S/C24H25F2N5O3/c1-12-8-13(9-19(32)24(12,2)34)14-6-7-28-11-18(14)30-23(33)21-17(27)10-29-22(31-21)20-15(25)4-3-5-16(20)26/h3-7,10-13,19,32,34H,8-9,27H2,1-2H3,(H,30,33)/t12-,13+,19+,24+/m0/s1. The van der Waals surface area contributed by atoms with Crippen LogP contribution in [-0.2, 0) is 0 Å². The first-order valence-electron chi connectivity index (χ1n) is 10.8. The Labute approximate surface area is 194 Å². The van der Waals surface area contributed by atoms with Gasteiger partial charge in [0.1, 0.15) is 11.6 Å². The fourth-order valence-corrected chi connectivity index (χ4v) is 4.30. The molecule has 2 aromatic heterocycles. The molecule has 0 bridgehead atoms. The van der Waals surface area contributed by atoms with Gasteiger partial charge in [-0.3, -0.25) is 9.78 Å². The van der Waals surface area contributed by atoms with Crippen molar-refractivity contribution in [2.24, 2.45) is 5.92 Å². The Kier molecular flexibility index (Phi) is 6.28. The van der Waals surface area contributed by atoms with Crippen LogP contribution in [0.4, 0.5) is 20.2 Å². The SMILES string of the molecule is C[C@H]1C[C@@H](c2ccncc2NC(=O)c2nc(-c3c(F)cccc3F)ncc2N)C[C@@H](O)[C@]1(C)O. The summed E-state index contributed by atoms with van der Waals surface area (Å²) in [6.07, 6.45) is 4.11. The third-order valence-corrected chi connectivity index (χ3v) is 6.58. The van der Waals surface area contributed by atoms with Crippen LogP contribution in [0.1, 0.15) is 48.7 Å². The van der Waals surface area contributed by atoms with Gasteiger partial charge in [0.2, 0.25) is 0 Å². The number of aromatic nitrogens is 3. The topological polar surface area (TPSA) is 134 Å². The molecule has 1 aliphatic rings. The van der Waals surface area contributed by atoms with E-state index in [1.807, 2.05) is 6.92 Å². The van der Waals surface area contributed by atoms with E-state index in [-0.39, 0.29) is 29.0 Å². The maximum absolute atomic E-state index is 14.2. The molecule has 5 N–H and O–H groups in total. The third kappa shape index (κ3) is 4.34. The van der Waals surface area contributed by atoms with Crippen molar-refractivity contribution in [3.63, 3.8) is 0 Å². The van der Waals surface area contributed by atoms with Gasteiger partial charge in [-0.05, 0) is 55.4 Å². The Morgan fingerprint density at radius 2 is 1.91 bits per heavy atom. The minimum absolute atomic E-state index is 0.0683. The lowest BCUT2D eigenvalue weighted by Gasteiger charge is -2.43. The summed E-state index contributed by atoms with van der Waals surface area (Å²) >= 11 is 0. The number of anilines is 2. The lowest BCUT2D eigenvalue weighted by molar-refractivity contribution is -0.123. The van der Waals surface area contributed by atoms with Crippen LogP contribution in [-0.4, -0.2) is 42.8 Å². The molecule has 178 valence electrons. The average Bonchev–Trinajstić information content (AvgIpc) is 2.78. The van der Waals surface area contributed by atoms with Crippen molar-refractivity contribution >= 4 is 17.3 Å². The van der Waals surface area contributed by atoms with Gasteiger partial charge < -0.3 is 21.3 Å². The van der Waals surface area contributed by atoms with Crippen LogP contribution < -0.4 is 11.1 Å². The number of aliphatic hydroxyl groups is 2. The van der Waals surface area contributed by atoms with Crippen molar-refractivity contribution in [2.45, 2.75) is 44.3 Å². The molecular formula is C24H25F2N5O3. The predicted molar refractivity (Wildman–Crippen MR) is 122 cm³/mol. The number of nitrogen functional groups attached to an aromatic ring is 1. The van der Waals surface area contributed by atoms with Crippen LogP contribution in [0.3, 0.4) is 0 Å². The zero-order valence-electron chi connectivity index (χ0n) is 18.7. The number of benzene rings is 1. The number of hydrogen-bond donors (Lipinski definition) is 4. The first-order chi connectivity index (χ1) is 16.1. The third-order valence-electron chi connectivity index (χ3n) is 6.58. The minimum atomic E-state index is -1.21. The first-order valence-corrected chi connectivity index (χ1v) is 10.8. The number of nitrogens with zero attached hydrogens (tertiary/aromatic N) is 3. The van der Waals surface area contributed by atoms with Gasteiger partial charge in [0.25, 0.3) is 5.91 Å². The highest BCUT2D eigenvalue weighted by atomic mass is 19.1. The number of aliphatic hydroxyl groups excluding tert-OH is 1. The molecule has 1 fully saturated rings. The Hall–Kier alpha value is -3.50. The molecule has 0 unspecified atom stereocenters. The Morgan fingerprint density at radius 1 is 1.21 bits per heavy atom. The van der Waals surface area contributed by atoms with Gasteiger partial charge in [0.05, 0.1) is 41.0 Å². The fraction of sp³-hybridized carbons (Fsp3) is 0.333. The summed E-state index contributed by atoms with van der Waals surface area (Å²) in [5, 5.41) is 23.7. The van der Waals surface area contributed by atoms with Crippen LogP contribution in [0.2, 0.25) is 0 Å². The zero-order chi connectivity index (χ0) is 24.6. The van der Waals surface area contributed by atoms with Crippen LogP contribution in [0.5, 0.6) is 0 Å². The van der Waals surface area contributed by atoms with E-state index in [9.17, 15) is 23.8 Å². The molecular weight excluding hydrogens is 444 g/mol. The van der Waals surface area contributed by atoms with Crippen LogP contribution in [0.25, 0.3) is 11.4 Å². The summed E-state index contributed by atoms with van der Waals surface area (Å²) in [5.41, 5.74) is 5.03. The maximum atomic E-state index is 14.2. The number of hydrogen-bond acceptors (Lipinski definition) is 7. The molecule has 0 aliphatic heterocycles. The maximum Gasteiger partial charge on any atom is 0.276 e. The summed E-state index contributed by atoms with van der Waals surface area (Å²) in [7, 11) is 0. The van der Waals surface area contributed by atoms with E-state index in [1.165, 1.54) is 12.3 Å². The normalized spacial score (nSPS) is 24.6. The highest BCUT2D eigenvalue weighted by Crippen LogP contribution is 2.43. The number of amides is 1. The quantitative estimate of drug-likeness (QED) is 0.461. The van der Waals surface area contributed by atoms with Crippen molar-refractivity contribution in [1.82, 2.24) is 15.0 Å². The van der Waals surface area contributed by atoms with Gasteiger partial charge in [-0.2, -0.15) is 0 Å². The Morgan fingerprint density at radius 3 is 2.59 bits per heavy atom. The minimum Gasteiger partial charge on any atom is -0.396 e. The number of carbonyl (C=O) groups excluding carboxylic acids is 1. The van der Waals surface area contributed by atoms with Crippen molar-refractivity contribution in [1.29, 1.82) is 0 Å². The lowest BCUT2D eigenvalue weighted by Crippen LogP contribution is -2.49. The Balaban J connectivity index is 1.64. The molecule has 1 aliphatic carbocycles. The fourth-order valence-electron chi connectivity index (χ4n) is 4.30. The van der Waals surface area contributed by atoms with Gasteiger partial charge in [0.15, 0.2) is 11.5 Å². The first kappa shape index (κ1) is 23.7. The monoisotopic (exact) mass is 469 g/mol. The second-order valence-electron chi connectivity index (χ2n) is 8.82. The summed E-state index contributed by atoms with van der Waals surface area (Å²) in [6.45, 7) is 3.47. The molecule has 0 saturated heterocycles. The number of nitrogens with two attached hydrogens (primary N) is 1. The number of rotatable bonds is 4. The number of nitrogens with one attached hydrogen (secondary N) is 1. The summed E-state index contributed by atoms with van der Waals surface area (Å²) in [4.78, 5) is 25.0. The molecule has 2 heterocycles. The number of carbonyl (C=O) groups is 1. The number of halogens is 2. The van der Waals surface area contributed by atoms with Gasteiger partial charge in [-0.1, -0.05) is 13.0 Å². The highest BCUT2D eigenvalue weighted by Gasteiger charge is 2.43. The zero-order valence-corrected chi connectivity index (χ0v) is 18.7. The smallest absolute Gasteiger partial charge is 0.276 e. The average molecular weight is 469 g/mol. The summed E-state index contributed by atoms with van der Waals surface area (Å²) in [6, 6.07) is 5.09. The molecule has 4 atom stereocenters. The van der Waals surface area contributed by atoms with Crippen molar-refractivity contribution < 1.29 is 23.8 Å². The van der Waals surface area contributed by atoms with Crippen molar-refractivity contribution in [3.05, 3.63) is 65.7 Å². The van der Waals surface area contributed by atoms with E-state index in [0.717, 1.165) is 23.9 Å². The van der Waals surface area contributed by atoms with E-state index in [2.05, 4.69) is 20.3 Å². The molecule has 10 heteroatoms. The Bertz CT molecular complexity index is 1200. The van der Waals surface area contributed by atoms with E-state index >= 15 is 0 Å². The predicted octanol–water partition coefficient (Wildman–Crippen LogP) is 3.28. The van der Waals surface area contributed by atoms with E-state index < -0.39 is 34.8 Å². The van der Waals surface area contributed by atoms with Crippen LogP contribution >= 0.6 is 0 Å². The molecule has 0 radical (unpaired) electrons. The lowest BCUT2D eigenvalue weighted by atomic mass is 9.69. The molecule has 1 amide bonds. The van der Waals surface area contributed by atoms with Gasteiger partial charge in [-0.25, -0.2) is 18.7 Å². The number of pyridine rings is 1. The molecule has 3 aromatic rings. The highest BCUT2D eigenvalue weighted by molar-refractivity contribution is 6.06. The van der Waals surface area contributed by atoms with Gasteiger partial charge in [-0.15, -0.1) is 0 Å².